The number of imide groups is 1. The normalized spacial score (nSPS) is 33.7. The minimum absolute atomic E-state index is 0.0297. The van der Waals surface area contributed by atoms with Gasteiger partial charge in [0.25, 0.3) is 0 Å². The number of hydrogen-bond acceptors (Lipinski definition) is 9. The maximum Gasteiger partial charge on any atom is 0.233 e. The van der Waals surface area contributed by atoms with Crippen LogP contribution in [0.15, 0.2) is 28.0 Å². The van der Waals surface area contributed by atoms with Crippen LogP contribution in [0.4, 0.5) is 0 Å². The molecular weight excluding hydrogens is 444 g/mol. The molecule has 2 saturated carbocycles. The highest BCUT2D eigenvalue weighted by Crippen LogP contribution is 2.50. The van der Waals surface area contributed by atoms with Gasteiger partial charge in [-0.1, -0.05) is 5.16 Å². The van der Waals surface area contributed by atoms with Crippen molar-refractivity contribution in [2.24, 2.45) is 28.8 Å². The number of oxime groups is 1. The predicted molar refractivity (Wildman–Crippen MR) is 119 cm³/mol. The van der Waals surface area contributed by atoms with Gasteiger partial charge in [0.2, 0.25) is 11.8 Å². The molecule has 1 aliphatic heterocycles. The Balaban J connectivity index is 1.41. The summed E-state index contributed by atoms with van der Waals surface area (Å²) < 4.78 is 10.5. The van der Waals surface area contributed by atoms with Crippen LogP contribution in [0.25, 0.3) is 0 Å². The molecule has 7 atom stereocenters. The van der Waals surface area contributed by atoms with E-state index in [0.717, 1.165) is 0 Å². The maximum absolute atomic E-state index is 13.3. The van der Waals surface area contributed by atoms with E-state index in [1.165, 1.54) is 4.90 Å². The van der Waals surface area contributed by atoms with Crippen molar-refractivity contribution in [3.05, 3.63) is 24.2 Å². The van der Waals surface area contributed by atoms with E-state index in [9.17, 15) is 24.9 Å². The standard InChI is InChI=1S/C24H34N2O8/c1-24(2,3)26-22(30)16-7-6-15-17(9-18(28)21(29)19(15)20(16)23(26)31)25-34-11-13(27)10-32-12-14-5-4-8-33-14/h4-5,8,13,15-16,18-21,27-29H,6-7,9-12H2,1-3H3/b25-17+/t13-,15-,16+,18+,19-,20+,21+/m0/s1. The van der Waals surface area contributed by atoms with Gasteiger partial charge >= 0.3 is 0 Å². The summed E-state index contributed by atoms with van der Waals surface area (Å²) >= 11 is 0. The Morgan fingerprint density at radius 1 is 1.18 bits per heavy atom. The van der Waals surface area contributed by atoms with Crippen molar-refractivity contribution in [3.8, 4) is 0 Å². The zero-order valence-corrected chi connectivity index (χ0v) is 19.8. The van der Waals surface area contributed by atoms with Gasteiger partial charge in [-0.2, -0.15) is 0 Å². The molecule has 10 nitrogen and oxygen atoms in total. The lowest BCUT2D eigenvalue weighted by Gasteiger charge is -2.45. The fraction of sp³-hybridized carbons (Fsp3) is 0.708. The van der Waals surface area contributed by atoms with Crippen molar-refractivity contribution >= 4 is 17.5 Å². The lowest BCUT2D eigenvalue weighted by Crippen LogP contribution is -2.55. The van der Waals surface area contributed by atoms with E-state index in [1.54, 1.807) is 18.4 Å². The van der Waals surface area contributed by atoms with Gasteiger partial charge < -0.3 is 29.3 Å². The van der Waals surface area contributed by atoms with Crippen LogP contribution in [0.2, 0.25) is 0 Å². The fourth-order valence-electron chi connectivity index (χ4n) is 5.58. The number of carbonyl (C=O) groups is 2. The second-order valence-corrected chi connectivity index (χ2v) is 10.5. The van der Waals surface area contributed by atoms with Gasteiger partial charge in [-0.15, -0.1) is 0 Å². The Morgan fingerprint density at radius 2 is 1.91 bits per heavy atom. The Bertz CT molecular complexity index is 909. The SMILES string of the molecule is CC(C)(C)N1C(=O)[C@H]2[C@H]3[C@H](O)[C@H](O)C/C(=N\OC[C@@H](O)COCc4ccco4)[C@@H]3CC[C@H]2C1=O. The van der Waals surface area contributed by atoms with Gasteiger partial charge in [0.05, 0.1) is 42.6 Å². The summed E-state index contributed by atoms with van der Waals surface area (Å²) in [4.78, 5) is 33.0. The van der Waals surface area contributed by atoms with Crippen molar-refractivity contribution < 1.29 is 38.9 Å². The Hall–Kier alpha value is -2.27. The van der Waals surface area contributed by atoms with Crippen LogP contribution < -0.4 is 0 Å². The molecule has 3 fully saturated rings. The van der Waals surface area contributed by atoms with Crippen molar-refractivity contribution in [2.75, 3.05) is 13.2 Å². The molecule has 0 bridgehead atoms. The monoisotopic (exact) mass is 478 g/mol. The Morgan fingerprint density at radius 3 is 2.59 bits per heavy atom. The first-order valence-corrected chi connectivity index (χ1v) is 11.8. The van der Waals surface area contributed by atoms with E-state index in [0.29, 0.717) is 24.3 Å². The summed E-state index contributed by atoms with van der Waals surface area (Å²) in [5, 5.41) is 35.6. The van der Waals surface area contributed by atoms with Crippen LogP contribution in [-0.4, -0.2) is 74.8 Å². The van der Waals surface area contributed by atoms with Crippen LogP contribution in [0, 0.1) is 23.7 Å². The number of rotatable bonds is 7. The second-order valence-electron chi connectivity index (χ2n) is 10.5. The number of hydrogen-bond donors (Lipinski definition) is 3. The van der Waals surface area contributed by atoms with E-state index in [1.807, 2.05) is 20.8 Å². The second kappa shape index (κ2) is 9.77. The zero-order chi connectivity index (χ0) is 24.6. The van der Waals surface area contributed by atoms with Gasteiger partial charge in [-0.05, 0) is 45.7 Å². The third-order valence-electron chi connectivity index (χ3n) is 7.03. The van der Waals surface area contributed by atoms with Gasteiger partial charge in [0.15, 0.2) is 0 Å². The van der Waals surface area contributed by atoms with Crippen LogP contribution in [0.3, 0.4) is 0 Å². The third-order valence-corrected chi connectivity index (χ3v) is 7.03. The van der Waals surface area contributed by atoms with E-state index in [-0.39, 0.29) is 44.0 Å². The predicted octanol–water partition coefficient (Wildman–Crippen LogP) is 1.08. The van der Waals surface area contributed by atoms with Crippen LogP contribution in [-0.2, 0) is 25.8 Å². The summed E-state index contributed by atoms with van der Waals surface area (Å²) in [7, 11) is 0. The average Bonchev–Trinajstić information content (AvgIpc) is 3.37. The Kier molecular flexibility index (Phi) is 7.14. The number of ether oxygens (including phenoxy) is 1. The molecule has 0 unspecified atom stereocenters. The molecule has 1 aromatic heterocycles. The van der Waals surface area contributed by atoms with E-state index < -0.39 is 41.6 Å². The molecule has 0 radical (unpaired) electrons. The molecule has 3 aliphatic rings. The highest BCUT2D eigenvalue weighted by molar-refractivity contribution is 6.06. The molecule has 0 spiro atoms. The fourth-order valence-corrected chi connectivity index (χ4v) is 5.58. The van der Waals surface area contributed by atoms with Crippen LogP contribution >= 0.6 is 0 Å². The van der Waals surface area contributed by atoms with Crippen LogP contribution in [0.5, 0.6) is 0 Å². The van der Waals surface area contributed by atoms with E-state index in [4.69, 9.17) is 14.0 Å². The lowest BCUT2D eigenvalue weighted by molar-refractivity contribution is -0.146. The van der Waals surface area contributed by atoms with Crippen molar-refractivity contribution in [2.45, 2.75) is 70.5 Å². The van der Waals surface area contributed by atoms with Crippen molar-refractivity contribution in [3.63, 3.8) is 0 Å². The number of fused-ring (bicyclic) bond motifs is 3. The first kappa shape index (κ1) is 24.8. The largest absolute Gasteiger partial charge is 0.467 e. The van der Waals surface area contributed by atoms with Gasteiger partial charge in [0.1, 0.15) is 25.1 Å². The Labute approximate surface area is 198 Å². The molecule has 4 rings (SSSR count). The summed E-state index contributed by atoms with van der Waals surface area (Å²) in [6, 6.07) is 3.52. The molecule has 188 valence electrons. The number of likely N-dealkylation sites (tertiary alicyclic amines) is 1. The first-order valence-electron chi connectivity index (χ1n) is 11.8. The van der Waals surface area contributed by atoms with E-state index in [2.05, 4.69) is 5.16 Å². The quantitative estimate of drug-likeness (QED) is 0.390. The third kappa shape index (κ3) is 4.77. The minimum Gasteiger partial charge on any atom is -0.467 e. The minimum atomic E-state index is -1.13. The molecule has 3 N–H and O–H groups in total. The lowest BCUT2D eigenvalue weighted by atomic mass is 9.60. The summed E-state index contributed by atoms with van der Waals surface area (Å²) in [6.45, 7) is 5.59. The van der Waals surface area contributed by atoms with Gasteiger partial charge in [-0.3, -0.25) is 14.5 Å². The number of amides is 2. The van der Waals surface area contributed by atoms with Crippen molar-refractivity contribution in [1.82, 2.24) is 4.90 Å². The summed E-state index contributed by atoms with van der Waals surface area (Å²) in [6.07, 6.45) is -0.447. The van der Waals surface area contributed by atoms with Gasteiger partial charge in [0, 0.05) is 23.8 Å². The molecule has 34 heavy (non-hydrogen) atoms. The molecular formula is C24H34N2O8. The molecule has 2 amide bonds. The summed E-state index contributed by atoms with van der Waals surface area (Å²) in [5.41, 5.74) is -0.117. The molecule has 1 saturated heterocycles. The molecule has 2 aliphatic carbocycles. The highest BCUT2D eigenvalue weighted by atomic mass is 16.6. The molecule has 0 aromatic carbocycles. The van der Waals surface area contributed by atoms with Crippen LogP contribution in [0.1, 0.15) is 45.8 Å². The average molecular weight is 479 g/mol. The molecule has 2 heterocycles. The first-order chi connectivity index (χ1) is 16.1. The van der Waals surface area contributed by atoms with Gasteiger partial charge in [-0.25, -0.2) is 0 Å². The number of aliphatic hydroxyl groups is 3. The molecule has 1 aromatic rings. The maximum atomic E-state index is 13.3. The number of carbonyl (C=O) groups excluding carboxylic acids is 2. The van der Waals surface area contributed by atoms with Crippen molar-refractivity contribution in [1.29, 1.82) is 0 Å². The highest BCUT2D eigenvalue weighted by Gasteiger charge is 2.61. The summed E-state index contributed by atoms with van der Waals surface area (Å²) in [5.74, 6) is -1.95. The number of nitrogens with zero attached hydrogens (tertiary/aromatic N) is 2. The number of furan rings is 1. The molecule has 10 heteroatoms. The van der Waals surface area contributed by atoms with E-state index >= 15 is 0 Å². The zero-order valence-electron chi connectivity index (χ0n) is 19.8. The topological polar surface area (TPSA) is 142 Å². The number of aliphatic hydroxyl groups excluding tert-OH is 3. The smallest absolute Gasteiger partial charge is 0.233 e.